The molecule has 1 saturated heterocycles. The molecule has 0 spiro atoms. The lowest BCUT2D eigenvalue weighted by molar-refractivity contribution is 0.161. The summed E-state index contributed by atoms with van der Waals surface area (Å²) in [6.07, 6.45) is 2.25. The number of piperidine rings is 1. The fraction of sp³-hybridized carbons (Fsp3) is 0.429. The number of hydrazine groups is 1. The van der Waals surface area contributed by atoms with Crippen molar-refractivity contribution in [2.75, 3.05) is 18.4 Å². The number of rotatable bonds is 2. The summed E-state index contributed by atoms with van der Waals surface area (Å²) in [6, 6.07) is 7.05. The van der Waals surface area contributed by atoms with Gasteiger partial charge in [0.15, 0.2) is 5.96 Å². The van der Waals surface area contributed by atoms with Crippen molar-refractivity contribution in [1.29, 1.82) is 10.8 Å². The average Bonchev–Trinajstić information content (AvgIpc) is 2.44. The molecule has 1 aromatic rings. The minimum absolute atomic E-state index is 0.0419. The van der Waals surface area contributed by atoms with Gasteiger partial charge in [0.2, 0.25) is 5.96 Å². The Kier molecular flexibility index (Phi) is 5.41. The molecule has 1 aromatic carbocycles. The number of hydrogen-bond donors (Lipinski definition) is 5. The third-order valence-electron chi connectivity index (χ3n) is 3.42. The number of nitrogens with zero attached hydrogens (tertiary/aromatic N) is 1. The van der Waals surface area contributed by atoms with Crippen molar-refractivity contribution in [1.82, 2.24) is 15.8 Å². The van der Waals surface area contributed by atoms with E-state index in [1.165, 1.54) is 0 Å². The summed E-state index contributed by atoms with van der Waals surface area (Å²) in [5.74, 6) is 0.881. The van der Waals surface area contributed by atoms with Crippen molar-refractivity contribution < 1.29 is 0 Å². The first-order valence-electron chi connectivity index (χ1n) is 7.01. The topological polar surface area (TPSA) is 87.0 Å². The van der Waals surface area contributed by atoms with Gasteiger partial charge in [0.1, 0.15) is 0 Å². The summed E-state index contributed by atoms with van der Waals surface area (Å²) in [7, 11) is 0. The quantitative estimate of drug-likeness (QED) is 0.429. The molecule has 7 heteroatoms. The van der Waals surface area contributed by atoms with Gasteiger partial charge in [0.05, 0.1) is 0 Å². The summed E-state index contributed by atoms with van der Waals surface area (Å²) in [4.78, 5) is 0. The van der Waals surface area contributed by atoms with Gasteiger partial charge >= 0.3 is 0 Å². The maximum absolute atomic E-state index is 7.84. The summed E-state index contributed by atoms with van der Waals surface area (Å²) >= 11 is 5.80. The lowest BCUT2D eigenvalue weighted by atomic mass is 10.0. The normalized spacial score (nSPS) is 16.3. The smallest absolute Gasteiger partial charge is 0.210 e. The molecule has 0 unspecified atom stereocenters. The molecule has 2 rings (SSSR count). The zero-order chi connectivity index (χ0) is 15.2. The summed E-state index contributed by atoms with van der Waals surface area (Å²) in [5.41, 5.74) is 3.72. The molecule has 0 radical (unpaired) electrons. The van der Waals surface area contributed by atoms with Gasteiger partial charge < -0.3 is 5.32 Å². The van der Waals surface area contributed by atoms with E-state index < -0.39 is 0 Å². The van der Waals surface area contributed by atoms with Crippen LogP contribution in [0.15, 0.2) is 24.3 Å². The fourth-order valence-electron chi connectivity index (χ4n) is 2.14. The maximum Gasteiger partial charge on any atom is 0.210 e. The van der Waals surface area contributed by atoms with Crippen molar-refractivity contribution in [3.05, 3.63) is 29.3 Å². The molecule has 5 N–H and O–H groups in total. The van der Waals surface area contributed by atoms with Crippen LogP contribution in [0.4, 0.5) is 5.69 Å². The SMILES string of the molecule is CC1CCN(NC(=N)NC(=N)Nc2ccc(Cl)cc2)CC1. The Hall–Kier alpha value is -1.79. The Bertz CT molecular complexity index is 493. The molecule has 114 valence electrons. The van der Waals surface area contributed by atoms with Crippen LogP contribution >= 0.6 is 11.6 Å². The number of guanidine groups is 2. The van der Waals surface area contributed by atoms with E-state index in [1.807, 2.05) is 5.01 Å². The van der Waals surface area contributed by atoms with Gasteiger partial charge in [-0.2, -0.15) is 0 Å². The van der Waals surface area contributed by atoms with E-state index in [1.54, 1.807) is 24.3 Å². The maximum atomic E-state index is 7.84. The summed E-state index contributed by atoms with van der Waals surface area (Å²) < 4.78 is 0. The molecule has 21 heavy (non-hydrogen) atoms. The van der Waals surface area contributed by atoms with Crippen LogP contribution in [0, 0.1) is 16.7 Å². The Morgan fingerprint density at radius 3 is 2.38 bits per heavy atom. The minimum Gasteiger partial charge on any atom is -0.326 e. The highest BCUT2D eigenvalue weighted by Crippen LogP contribution is 2.14. The Balaban J connectivity index is 1.74. The number of halogens is 1. The molecule has 1 heterocycles. The van der Waals surface area contributed by atoms with Crippen LogP contribution in [0.5, 0.6) is 0 Å². The second-order valence-electron chi connectivity index (χ2n) is 5.29. The van der Waals surface area contributed by atoms with Crippen LogP contribution in [-0.2, 0) is 0 Å². The van der Waals surface area contributed by atoms with Gasteiger partial charge in [-0.3, -0.25) is 21.6 Å². The third-order valence-corrected chi connectivity index (χ3v) is 3.67. The van der Waals surface area contributed by atoms with Crippen molar-refractivity contribution >= 4 is 29.2 Å². The Labute approximate surface area is 129 Å². The molecule has 6 nitrogen and oxygen atoms in total. The van der Waals surface area contributed by atoms with Gasteiger partial charge in [0, 0.05) is 23.8 Å². The minimum atomic E-state index is 0.0419. The fourth-order valence-corrected chi connectivity index (χ4v) is 2.27. The van der Waals surface area contributed by atoms with Gasteiger partial charge in [-0.05, 0) is 43.0 Å². The number of nitrogens with one attached hydrogen (secondary N) is 5. The molecule has 0 amide bonds. The predicted molar refractivity (Wildman–Crippen MR) is 86.8 cm³/mol. The second-order valence-corrected chi connectivity index (χ2v) is 5.72. The molecule has 0 bridgehead atoms. The molecular weight excluding hydrogens is 288 g/mol. The zero-order valence-electron chi connectivity index (χ0n) is 12.0. The van der Waals surface area contributed by atoms with E-state index in [-0.39, 0.29) is 11.9 Å². The monoisotopic (exact) mass is 308 g/mol. The van der Waals surface area contributed by atoms with Gasteiger partial charge in [-0.1, -0.05) is 18.5 Å². The number of benzene rings is 1. The molecule has 0 aliphatic carbocycles. The molecule has 0 aromatic heterocycles. The molecule has 1 aliphatic rings. The number of anilines is 1. The van der Waals surface area contributed by atoms with Crippen molar-refractivity contribution in [3.8, 4) is 0 Å². The summed E-state index contributed by atoms with van der Waals surface area (Å²) in [6.45, 7) is 4.08. The molecule has 0 atom stereocenters. The lowest BCUT2D eigenvalue weighted by Gasteiger charge is -2.31. The van der Waals surface area contributed by atoms with Crippen LogP contribution in [-0.4, -0.2) is 30.0 Å². The van der Waals surface area contributed by atoms with E-state index in [4.69, 9.17) is 22.4 Å². The molecule has 0 saturated carbocycles. The highest BCUT2D eigenvalue weighted by atomic mass is 35.5. The van der Waals surface area contributed by atoms with Crippen molar-refractivity contribution in [3.63, 3.8) is 0 Å². The molecule has 1 fully saturated rings. The van der Waals surface area contributed by atoms with Crippen LogP contribution < -0.4 is 16.1 Å². The number of hydrogen-bond acceptors (Lipinski definition) is 3. The highest BCUT2D eigenvalue weighted by Gasteiger charge is 2.16. The van der Waals surface area contributed by atoms with E-state index in [0.717, 1.165) is 37.5 Å². The first-order chi connectivity index (χ1) is 10.0. The van der Waals surface area contributed by atoms with E-state index in [9.17, 15) is 0 Å². The van der Waals surface area contributed by atoms with E-state index in [2.05, 4.69) is 23.0 Å². The second kappa shape index (κ2) is 7.28. The average molecular weight is 309 g/mol. The van der Waals surface area contributed by atoms with E-state index >= 15 is 0 Å². The molecule has 1 aliphatic heterocycles. The van der Waals surface area contributed by atoms with Crippen LogP contribution in [0.25, 0.3) is 0 Å². The third kappa shape index (κ3) is 5.24. The van der Waals surface area contributed by atoms with E-state index in [0.29, 0.717) is 5.02 Å². The Morgan fingerprint density at radius 2 is 1.76 bits per heavy atom. The predicted octanol–water partition coefficient (Wildman–Crippen LogP) is 2.45. The molecular formula is C14H21ClN6. The van der Waals surface area contributed by atoms with Gasteiger partial charge in [-0.25, -0.2) is 5.01 Å². The largest absolute Gasteiger partial charge is 0.326 e. The Morgan fingerprint density at radius 1 is 1.14 bits per heavy atom. The van der Waals surface area contributed by atoms with Crippen molar-refractivity contribution in [2.24, 2.45) is 5.92 Å². The standard InChI is InChI=1S/C14H21ClN6/c1-10-6-8-21(9-7-10)20-14(17)19-13(16)18-12-4-2-11(15)3-5-12/h2-5,10H,6-9H2,1H3,(H5,16,17,18,19,20). The highest BCUT2D eigenvalue weighted by molar-refractivity contribution is 6.30. The van der Waals surface area contributed by atoms with Crippen LogP contribution in [0.2, 0.25) is 5.02 Å². The lowest BCUT2D eigenvalue weighted by Crippen LogP contribution is -2.52. The van der Waals surface area contributed by atoms with Gasteiger partial charge in [-0.15, -0.1) is 0 Å². The van der Waals surface area contributed by atoms with Crippen LogP contribution in [0.1, 0.15) is 19.8 Å². The van der Waals surface area contributed by atoms with Crippen LogP contribution in [0.3, 0.4) is 0 Å². The first kappa shape index (κ1) is 15.6. The summed E-state index contributed by atoms with van der Waals surface area (Å²) in [5, 5.41) is 23.8. The van der Waals surface area contributed by atoms with Crippen molar-refractivity contribution in [2.45, 2.75) is 19.8 Å². The van der Waals surface area contributed by atoms with Gasteiger partial charge in [0.25, 0.3) is 0 Å². The first-order valence-corrected chi connectivity index (χ1v) is 7.39. The zero-order valence-corrected chi connectivity index (χ0v) is 12.8.